The van der Waals surface area contributed by atoms with Crippen molar-refractivity contribution in [2.45, 2.75) is 38.3 Å². The van der Waals surface area contributed by atoms with Gasteiger partial charge in [0.25, 0.3) is 0 Å². The summed E-state index contributed by atoms with van der Waals surface area (Å²) in [4.78, 5) is 0. The molecule has 2 unspecified atom stereocenters. The molecule has 0 saturated carbocycles. The number of nitrogens with one attached hydrogen (secondary N) is 1. The van der Waals surface area contributed by atoms with E-state index < -0.39 is 0 Å². The lowest BCUT2D eigenvalue weighted by Gasteiger charge is -2.25. The molecule has 3 N–H and O–H groups in total. The van der Waals surface area contributed by atoms with Crippen molar-refractivity contribution in [2.75, 3.05) is 14.2 Å². The molecule has 0 spiro atoms. The van der Waals surface area contributed by atoms with Crippen molar-refractivity contribution in [1.29, 1.82) is 0 Å². The number of hydrogen-bond acceptors (Lipinski definition) is 4. The first-order valence-electron chi connectivity index (χ1n) is 6.37. The van der Waals surface area contributed by atoms with E-state index in [1.165, 1.54) is 5.56 Å². The molecule has 18 heavy (non-hydrogen) atoms. The molecule has 0 radical (unpaired) electrons. The molecule has 102 valence electrons. The molecule has 0 fully saturated rings. The Kier molecular flexibility index (Phi) is 6.72. The maximum absolute atomic E-state index is 5.64. The van der Waals surface area contributed by atoms with Crippen molar-refractivity contribution in [3.05, 3.63) is 29.8 Å². The van der Waals surface area contributed by atoms with Crippen molar-refractivity contribution in [3.63, 3.8) is 0 Å². The Morgan fingerprint density at radius 2 is 2.11 bits per heavy atom. The van der Waals surface area contributed by atoms with Crippen molar-refractivity contribution >= 4 is 0 Å². The smallest absolute Gasteiger partial charge is 0.119 e. The highest BCUT2D eigenvalue weighted by molar-refractivity contribution is 5.29. The van der Waals surface area contributed by atoms with E-state index in [9.17, 15) is 0 Å². The van der Waals surface area contributed by atoms with Crippen LogP contribution in [0.25, 0.3) is 0 Å². The molecule has 0 aliphatic carbocycles. The van der Waals surface area contributed by atoms with Crippen LogP contribution in [-0.4, -0.2) is 26.4 Å². The largest absolute Gasteiger partial charge is 0.497 e. The molecule has 0 bridgehead atoms. The number of nitrogens with two attached hydrogens (primary N) is 1. The maximum Gasteiger partial charge on any atom is 0.119 e. The van der Waals surface area contributed by atoms with Crippen molar-refractivity contribution in [3.8, 4) is 5.75 Å². The summed E-state index contributed by atoms with van der Waals surface area (Å²) in [6, 6.07) is 8.15. The second-order valence-corrected chi connectivity index (χ2v) is 4.39. The predicted octanol–water partition coefficient (Wildman–Crippen LogP) is 1.88. The topological polar surface area (TPSA) is 56.5 Å². The van der Waals surface area contributed by atoms with Gasteiger partial charge in [-0.05, 0) is 30.5 Å². The Bertz CT molecular complexity index is 344. The van der Waals surface area contributed by atoms with E-state index >= 15 is 0 Å². The normalized spacial score (nSPS) is 14.2. The molecule has 1 aromatic rings. The zero-order valence-electron chi connectivity index (χ0n) is 11.5. The molecule has 0 aromatic heterocycles. The molecule has 2 atom stereocenters. The van der Waals surface area contributed by atoms with Crippen LogP contribution in [0, 0.1) is 0 Å². The number of rotatable bonds is 8. The van der Waals surface area contributed by atoms with E-state index in [1.54, 1.807) is 14.2 Å². The van der Waals surface area contributed by atoms with Crippen LogP contribution in [0.2, 0.25) is 0 Å². The third-order valence-electron chi connectivity index (χ3n) is 3.13. The van der Waals surface area contributed by atoms with Gasteiger partial charge in [-0.25, -0.2) is 0 Å². The zero-order valence-corrected chi connectivity index (χ0v) is 11.5. The standard InChI is InChI=1S/C14H24N2O2/c1-4-6-14(18-3)13(16-15)10-11-7-5-8-12(9-11)17-2/h5,7-9,13-14,16H,4,6,10,15H2,1-3H3. The van der Waals surface area contributed by atoms with Crippen LogP contribution in [-0.2, 0) is 11.2 Å². The van der Waals surface area contributed by atoms with Crippen LogP contribution >= 0.6 is 0 Å². The van der Waals surface area contributed by atoms with Gasteiger partial charge in [-0.1, -0.05) is 25.5 Å². The average molecular weight is 252 g/mol. The number of methoxy groups -OCH3 is 2. The molecule has 0 amide bonds. The molecule has 4 heteroatoms. The minimum absolute atomic E-state index is 0.113. The summed E-state index contributed by atoms with van der Waals surface area (Å²) in [6.45, 7) is 2.14. The number of benzene rings is 1. The number of hydrogen-bond donors (Lipinski definition) is 2. The molecule has 1 aromatic carbocycles. The molecule has 4 nitrogen and oxygen atoms in total. The van der Waals surface area contributed by atoms with Gasteiger partial charge in [0.05, 0.1) is 19.3 Å². The number of hydrazine groups is 1. The van der Waals surface area contributed by atoms with Gasteiger partial charge >= 0.3 is 0 Å². The van der Waals surface area contributed by atoms with Gasteiger partial charge in [0.1, 0.15) is 5.75 Å². The Morgan fingerprint density at radius 1 is 1.33 bits per heavy atom. The maximum atomic E-state index is 5.64. The molecule has 1 rings (SSSR count). The summed E-state index contributed by atoms with van der Waals surface area (Å²) >= 11 is 0. The van der Waals surface area contributed by atoms with Crippen molar-refractivity contribution < 1.29 is 9.47 Å². The van der Waals surface area contributed by atoms with E-state index in [0.717, 1.165) is 25.0 Å². The van der Waals surface area contributed by atoms with E-state index in [-0.39, 0.29) is 12.1 Å². The zero-order chi connectivity index (χ0) is 13.4. The average Bonchev–Trinajstić information content (AvgIpc) is 2.42. The van der Waals surface area contributed by atoms with Gasteiger partial charge in [0, 0.05) is 7.11 Å². The third-order valence-corrected chi connectivity index (χ3v) is 3.13. The molecular weight excluding hydrogens is 228 g/mol. The van der Waals surface area contributed by atoms with Crippen LogP contribution in [0.5, 0.6) is 5.75 Å². The van der Waals surface area contributed by atoms with Crippen LogP contribution < -0.4 is 16.0 Å². The van der Waals surface area contributed by atoms with Crippen LogP contribution in [0.4, 0.5) is 0 Å². The lowest BCUT2D eigenvalue weighted by Crippen LogP contribution is -2.46. The van der Waals surface area contributed by atoms with Gasteiger partial charge in [0.15, 0.2) is 0 Å². The fraction of sp³-hybridized carbons (Fsp3) is 0.571. The minimum Gasteiger partial charge on any atom is -0.497 e. The number of ether oxygens (including phenoxy) is 2. The van der Waals surface area contributed by atoms with E-state index in [4.69, 9.17) is 15.3 Å². The summed E-state index contributed by atoms with van der Waals surface area (Å²) in [5.74, 6) is 6.50. The third kappa shape index (κ3) is 4.29. The Balaban J connectivity index is 2.71. The summed E-state index contributed by atoms with van der Waals surface area (Å²) in [5, 5.41) is 0. The first-order valence-corrected chi connectivity index (χ1v) is 6.37. The van der Waals surface area contributed by atoms with Crippen molar-refractivity contribution in [2.24, 2.45) is 5.84 Å². The van der Waals surface area contributed by atoms with Crippen LogP contribution in [0.15, 0.2) is 24.3 Å². The second kappa shape index (κ2) is 8.08. The van der Waals surface area contributed by atoms with Crippen LogP contribution in [0.3, 0.4) is 0 Å². The van der Waals surface area contributed by atoms with Gasteiger partial charge in [0.2, 0.25) is 0 Å². The van der Waals surface area contributed by atoms with Gasteiger partial charge < -0.3 is 9.47 Å². The van der Waals surface area contributed by atoms with Gasteiger partial charge in [-0.3, -0.25) is 11.3 Å². The summed E-state index contributed by atoms with van der Waals surface area (Å²) in [6.07, 6.45) is 3.03. The van der Waals surface area contributed by atoms with E-state index in [0.29, 0.717) is 0 Å². The van der Waals surface area contributed by atoms with Gasteiger partial charge in [-0.15, -0.1) is 0 Å². The highest BCUT2D eigenvalue weighted by Crippen LogP contribution is 2.16. The SMILES string of the molecule is CCCC(OC)C(Cc1cccc(OC)c1)NN. The quantitative estimate of drug-likeness (QED) is 0.548. The van der Waals surface area contributed by atoms with Gasteiger partial charge in [-0.2, -0.15) is 0 Å². The molecule has 0 heterocycles. The highest BCUT2D eigenvalue weighted by atomic mass is 16.5. The Morgan fingerprint density at radius 3 is 2.67 bits per heavy atom. The molecule has 0 saturated heterocycles. The first-order chi connectivity index (χ1) is 8.74. The lowest BCUT2D eigenvalue weighted by atomic mass is 9.98. The van der Waals surface area contributed by atoms with E-state index in [1.807, 2.05) is 18.2 Å². The second-order valence-electron chi connectivity index (χ2n) is 4.39. The van der Waals surface area contributed by atoms with Crippen molar-refractivity contribution in [1.82, 2.24) is 5.43 Å². The monoisotopic (exact) mass is 252 g/mol. The Labute approximate surface area is 109 Å². The highest BCUT2D eigenvalue weighted by Gasteiger charge is 2.19. The minimum atomic E-state index is 0.113. The summed E-state index contributed by atoms with van der Waals surface area (Å²) < 4.78 is 10.7. The Hall–Kier alpha value is -1.10. The first kappa shape index (κ1) is 15.0. The predicted molar refractivity (Wildman–Crippen MR) is 73.5 cm³/mol. The molecule has 0 aliphatic heterocycles. The summed E-state index contributed by atoms with van der Waals surface area (Å²) in [7, 11) is 3.41. The lowest BCUT2D eigenvalue weighted by molar-refractivity contribution is 0.0609. The molecule has 0 aliphatic rings. The van der Waals surface area contributed by atoms with Crippen LogP contribution in [0.1, 0.15) is 25.3 Å². The molecular formula is C14H24N2O2. The fourth-order valence-electron chi connectivity index (χ4n) is 2.12. The fourth-order valence-corrected chi connectivity index (χ4v) is 2.12. The van der Waals surface area contributed by atoms with E-state index in [2.05, 4.69) is 18.4 Å². The summed E-state index contributed by atoms with van der Waals surface area (Å²) in [5.41, 5.74) is 4.05.